The monoisotopic (exact) mass is 1580 g/mol. The number of unbranched alkanes of at least 4 members (excludes halogenated alkanes) is 1. The van der Waals surface area contributed by atoms with E-state index in [1.54, 1.807) is 47.8 Å². The Balaban J connectivity index is 3.83. The Morgan fingerprint density at radius 1 is 0.418 bits per heavy atom. The van der Waals surface area contributed by atoms with Crippen LogP contribution >= 0.6 is 11.8 Å². The normalized spacial score (nSPS) is 14.8. The molecule has 0 bridgehead atoms. The number of guanidine groups is 1. The minimum atomic E-state index is -2.01. The van der Waals surface area contributed by atoms with Crippen LogP contribution < -0.4 is 92.5 Å². The highest BCUT2D eigenvalue weighted by atomic mass is 32.2. The molecular weight excluding hydrogens is 1460 g/mol. The number of nitrogens with zero attached hydrogens (tertiary/aromatic N) is 1. The van der Waals surface area contributed by atoms with Crippen molar-refractivity contribution in [3.63, 3.8) is 0 Å². The van der Waals surface area contributed by atoms with Gasteiger partial charge in [0, 0.05) is 19.4 Å². The number of phenolic OH excluding ortho intramolecular Hbond substituents is 1. The number of aliphatic carboxylic acids is 3. The number of carbonyl (C=O) groups is 16. The van der Waals surface area contributed by atoms with Gasteiger partial charge in [-0.1, -0.05) is 81.4 Å². The number of carboxylic acids is 3. The van der Waals surface area contributed by atoms with Gasteiger partial charge < -0.3 is 113 Å². The van der Waals surface area contributed by atoms with Crippen molar-refractivity contribution >= 4 is 112 Å². The number of aromatic hydroxyl groups is 1. The molecule has 620 valence electrons. The minimum absolute atomic E-state index is 0.0241. The molecule has 110 heavy (non-hydrogen) atoms. The second kappa shape index (κ2) is 50.7. The highest BCUT2D eigenvalue weighted by Gasteiger charge is 2.39. The molecule has 0 aliphatic carbocycles. The number of carbonyl (C=O) groups excluding carboxylic acids is 13. The van der Waals surface area contributed by atoms with E-state index in [2.05, 4.69) is 68.8 Å². The van der Waals surface area contributed by atoms with Gasteiger partial charge in [-0.2, -0.15) is 11.8 Å². The Morgan fingerprint density at radius 3 is 1.20 bits per heavy atom. The number of nitrogens with two attached hydrogens (primary N) is 5. The van der Waals surface area contributed by atoms with Crippen molar-refractivity contribution in [1.82, 2.24) is 63.8 Å². The van der Waals surface area contributed by atoms with E-state index in [-0.39, 0.29) is 112 Å². The molecule has 0 aliphatic rings. The van der Waals surface area contributed by atoms with Crippen molar-refractivity contribution < 1.29 is 97.1 Å². The summed E-state index contributed by atoms with van der Waals surface area (Å²) < 4.78 is 0. The number of phenols is 1. The van der Waals surface area contributed by atoms with Crippen LogP contribution in [0.1, 0.15) is 172 Å². The third kappa shape index (κ3) is 39.4. The number of primary amides is 1. The summed E-state index contributed by atoms with van der Waals surface area (Å²) in [6.45, 7) is 18.7. The third-order valence-corrected chi connectivity index (χ3v) is 17.5. The van der Waals surface area contributed by atoms with Gasteiger partial charge in [0.15, 0.2) is 5.96 Å². The SMILES string of the molecule is CSCC[C@H](NC(=O)[C@H](CC(C)C)NC(=O)[C@H](CC(=O)O)NC(=O)[C@H](CCCCN)NC(=O)[C@H](CCC(N)=O)NC(=O)[C@H](CCCN=C(N)N)NC(=O)[C@H](Cc1ccc(O)cc1)NC(=O)[C@H](CC(=O)O)NC(=O)[C@H](CC(C)C)NC(=O)[C@H](C)NC(=O)[C@@H](NC(=O)[C@H](CC(C)C)NC(=O)[C@@H](N)CC(C)C)C(C)C)C(=O)O. The summed E-state index contributed by atoms with van der Waals surface area (Å²) in [6.07, 6.45) is -1.96. The largest absolute Gasteiger partial charge is 0.508 e. The molecule has 0 unspecified atom stereocenters. The van der Waals surface area contributed by atoms with Crippen LogP contribution in [0.2, 0.25) is 0 Å². The summed E-state index contributed by atoms with van der Waals surface area (Å²) in [5, 5.41) is 69.8. The van der Waals surface area contributed by atoms with Crippen molar-refractivity contribution in [1.29, 1.82) is 0 Å². The maximum Gasteiger partial charge on any atom is 0.326 e. The zero-order valence-electron chi connectivity index (χ0n) is 65.0. The van der Waals surface area contributed by atoms with Crippen LogP contribution in [0.5, 0.6) is 5.75 Å². The number of nitrogens with one attached hydrogen (secondary N) is 12. The van der Waals surface area contributed by atoms with Crippen LogP contribution in [0.15, 0.2) is 29.3 Å². The number of aliphatic imine (C=N–C) groups is 1. The molecule has 26 N–H and O–H groups in total. The molecular formula is C71H120N18O20S. The van der Waals surface area contributed by atoms with Gasteiger partial charge in [-0.3, -0.25) is 76.9 Å². The number of amides is 13. The Morgan fingerprint density at radius 2 is 0.791 bits per heavy atom. The van der Waals surface area contributed by atoms with Crippen LogP contribution in [0.4, 0.5) is 0 Å². The zero-order chi connectivity index (χ0) is 83.8. The van der Waals surface area contributed by atoms with Crippen molar-refractivity contribution in [2.75, 3.05) is 25.1 Å². The fourth-order valence-electron chi connectivity index (χ4n) is 11.1. The first-order valence-electron chi connectivity index (χ1n) is 36.8. The standard InChI is InChI=1S/C71H120N18O20S/c1-35(2)28-43(73)59(97)84-50(31-38(7)8)68(106)89-57(39(9)10)69(107)78-40(11)58(96)83-48(29-36(3)4)64(102)88-53(34-56(94)95)67(105)86-51(32-41-18-20-42(90)21-19-41)65(103)80-45(17-15-26-77-71(75)76)60(98)81-46(22-23-54(74)91)62(100)79-44(16-13-14-25-72)61(99)87-52(33-55(92)93)66(104)85-49(30-37(5)6)63(101)82-47(70(108)109)24-27-110-12/h18-21,35-40,43-53,57,90H,13-17,22-34,72-73H2,1-12H3,(H2,74,91)(H,78,107)(H,79,100)(H,80,103)(H,81,98)(H,82,101)(H,83,96)(H,84,97)(H,85,104)(H,86,105)(H,87,99)(H,88,102)(H,89,106)(H,92,93)(H,94,95)(H,108,109)(H4,75,76,77)/t40-,43-,44-,45-,46-,47-,48-,49-,50-,51-,52-,53-,57-/m0/s1. The van der Waals surface area contributed by atoms with Crippen LogP contribution in [-0.4, -0.2) is 225 Å². The summed E-state index contributed by atoms with van der Waals surface area (Å²) in [4.78, 5) is 222. The van der Waals surface area contributed by atoms with E-state index >= 15 is 0 Å². The fraction of sp³-hybridized carbons (Fsp3) is 0.676. The van der Waals surface area contributed by atoms with Crippen molar-refractivity contribution in [3.05, 3.63) is 29.8 Å². The number of benzene rings is 1. The molecule has 1 aromatic rings. The topological polar surface area (TPSA) is 641 Å². The van der Waals surface area contributed by atoms with Crippen LogP contribution in [0, 0.1) is 29.6 Å². The lowest BCUT2D eigenvalue weighted by Gasteiger charge is -2.29. The summed E-state index contributed by atoms with van der Waals surface area (Å²) in [5.41, 5.74) is 28.8. The quantitative estimate of drug-likeness (QED) is 0.0178. The maximum atomic E-state index is 14.8. The number of hydrogen-bond acceptors (Lipinski definition) is 21. The zero-order valence-corrected chi connectivity index (χ0v) is 65.8. The third-order valence-electron chi connectivity index (χ3n) is 16.8. The Labute approximate surface area is 645 Å². The van der Waals surface area contributed by atoms with E-state index < -0.39 is 211 Å². The van der Waals surface area contributed by atoms with Crippen LogP contribution in [0.3, 0.4) is 0 Å². The van der Waals surface area contributed by atoms with E-state index in [1.165, 1.54) is 43.0 Å². The predicted octanol–water partition coefficient (Wildman–Crippen LogP) is -2.82. The van der Waals surface area contributed by atoms with Crippen molar-refractivity contribution in [2.24, 2.45) is 63.3 Å². The highest BCUT2D eigenvalue weighted by molar-refractivity contribution is 7.98. The Kier molecular flexibility index (Phi) is 45.2. The summed E-state index contributed by atoms with van der Waals surface area (Å²) in [7, 11) is 0. The van der Waals surface area contributed by atoms with E-state index in [1.807, 2.05) is 27.7 Å². The first-order valence-corrected chi connectivity index (χ1v) is 38.2. The molecule has 38 nitrogen and oxygen atoms in total. The summed E-state index contributed by atoms with van der Waals surface area (Å²) in [5.74, 6) is -19.0. The first kappa shape index (κ1) is 98.1. The van der Waals surface area contributed by atoms with Gasteiger partial charge in [0.2, 0.25) is 76.8 Å². The lowest BCUT2D eigenvalue weighted by Crippen LogP contribution is -2.61. The lowest BCUT2D eigenvalue weighted by atomic mass is 9.98. The molecule has 0 fully saturated rings. The average molecular weight is 1580 g/mol. The molecule has 0 radical (unpaired) electrons. The number of rotatable bonds is 54. The van der Waals surface area contributed by atoms with Gasteiger partial charge in [-0.15, -0.1) is 0 Å². The van der Waals surface area contributed by atoms with Gasteiger partial charge in [0.1, 0.15) is 78.3 Å². The molecule has 1 rings (SSSR count). The maximum absolute atomic E-state index is 14.8. The molecule has 0 spiro atoms. The summed E-state index contributed by atoms with van der Waals surface area (Å²) >= 11 is 1.32. The van der Waals surface area contributed by atoms with Gasteiger partial charge in [0.25, 0.3) is 0 Å². The molecule has 0 aromatic heterocycles. The van der Waals surface area contributed by atoms with E-state index in [4.69, 9.17) is 28.7 Å². The number of thioether (sulfide) groups is 1. The lowest BCUT2D eigenvalue weighted by molar-refractivity contribution is -0.143. The van der Waals surface area contributed by atoms with Gasteiger partial charge in [-0.05, 0) is 143 Å². The average Bonchev–Trinajstić information content (AvgIpc) is 0.854. The number of carboxylic acid groups (broad SMARTS) is 3. The molecule has 1 aromatic carbocycles. The molecule has 0 saturated carbocycles. The molecule has 0 aliphatic heterocycles. The van der Waals surface area contributed by atoms with Crippen LogP contribution in [-0.2, 0) is 83.1 Å². The van der Waals surface area contributed by atoms with Gasteiger partial charge in [-0.25, -0.2) is 4.79 Å². The van der Waals surface area contributed by atoms with Gasteiger partial charge >= 0.3 is 17.9 Å². The van der Waals surface area contributed by atoms with E-state index in [0.717, 1.165) is 0 Å². The smallest absolute Gasteiger partial charge is 0.326 e. The Hall–Kier alpha value is -9.92. The minimum Gasteiger partial charge on any atom is -0.508 e. The van der Waals surface area contributed by atoms with E-state index in [0.29, 0.717) is 12.2 Å². The first-order chi connectivity index (χ1) is 51.4. The summed E-state index contributed by atoms with van der Waals surface area (Å²) in [6, 6.07) is -14.6. The predicted molar refractivity (Wildman–Crippen MR) is 408 cm³/mol. The molecule has 13 atom stereocenters. The Bertz CT molecular complexity index is 3280. The molecule has 39 heteroatoms. The number of hydrogen-bond donors (Lipinski definition) is 21. The molecule has 0 heterocycles. The highest BCUT2D eigenvalue weighted by Crippen LogP contribution is 2.17. The van der Waals surface area contributed by atoms with Gasteiger partial charge in [0.05, 0.1) is 18.9 Å². The fourth-order valence-corrected chi connectivity index (χ4v) is 11.5. The molecule has 0 saturated heterocycles. The molecule has 13 amide bonds. The van der Waals surface area contributed by atoms with Crippen molar-refractivity contribution in [2.45, 2.75) is 251 Å². The second-order valence-electron chi connectivity index (χ2n) is 29.1. The van der Waals surface area contributed by atoms with Crippen molar-refractivity contribution in [3.8, 4) is 5.75 Å². The second-order valence-corrected chi connectivity index (χ2v) is 30.1. The van der Waals surface area contributed by atoms with E-state index in [9.17, 15) is 97.1 Å². The van der Waals surface area contributed by atoms with Crippen LogP contribution in [0.25, 0.3) is 0 Å².